The Morgan fingerprint density at radius 3 is 2.50 bits per heavy atom. The van der Waals surface area contributed by atoms with E-state index < -0.39 is 0 Å². The minimum atomic E-state index is -0.192. The van der Waals surface area contributed by atoms with E-state index in [1.54, 1.807) is 24.5 Å². The van der Waals surface area contributed by atoms with Crippen molar-refractivity contribution in [2.45, 2.75) is 37.5 Å². The molecule has 3 rings (SSSR count). The van der Waals surface area contributed by atoms with E-state index >= 15 is 0 Å². The number of aryl methyl sites for hydroxylation is 1. The van der Waals surface area contributed by atoms with E-state index in [0.717, 1.165) is 24.1 Å². The predicted octanol–water partition coefficient (Wildman–Crippen LogP) is 4.93. The molecule has 2 amide bonds. The second-order valence-electron chi connectivity index (χ2n) is 6.78. The molecule has 2 aromatic heterocycles. The molecule has 7 heteroatoms. The summed E-state index contributed by atoms with van der Waals surface area (Å²) < 4.78 is 0. The predicted molar refractivity (Wildman–Crippen MR) is 121 cm³/mol. The van der Waals surface area contributed by atoms with E-state index in [2.05, 4.69) is 27.5 Å². The molecule has 0 aliphatic rings. The Morgan fingerprint density at radius 1 is 0.967 bits per heavy atom. The van der Waals surface area contributed by atoms with E-state index in [1.165, 1.54) is 24.2 Å². The van der Waals surface area contributed by atoms with Gasteiger partial charge in [0.1, 0.15) is 10.8 Å². The maximum atomic E-state index is 12.8. The van der Waals surface area contributed by atoms with Gasteiger partial charge >= 0.3 is 0 Å². The molecule has 2 N–H and O–H groups in total. The molecular formula is C23H24N4O2S. The number of hydrogen-bond acceptors (Lipinski definition) is 5. The Hall–Kier alpha value is -3.19. The Bertz CT molecular complexity index is 1020. The zero-order valence-corrected chi connectivity index (χ0v) is 17.8. The summed E-state index contributed by atoms with van der Waals surface area (Å²) in [6.45, 7) is 3.59. The molecule has 0 bridgehead atoms. The number of thioether (sulfide) groups is 1. The summed E-state index contributed by atoms with van der Waals surface area (Å²) in [7, 11) is 0. The van der Waals surface area contributed by atoms with Gasteiger partial charge in [0.05, 0.1) is 5.56 Å². The van der Waals surface area contributed by atoms with E-state index in [1.807, 2.05) is 36.4 Å². The van der Waals surface area contributed by atoms with Crippen molar-refractivity contribution >= 4 is 35.1 Å². The van der Waals surface area contributed by atoms with Crippen molar-refractivity contribution in [3.8, 4) is 0 Å². The van der Waals surface area contributed by atoms with E-state index in [9.17, 15) is 9.59 Å². The first kappa shape index (κ1) is 21.5. The van der Waals surface area contributed by atoms with Crippen molar-refractivity contribution in [2.24, 2.45) is 0 Å². The third-order valence-electron chi connectivity index (χ3n) is 4.27. The fourth-order valence-electron chi connectivity index (χ4n) is 2.88. The van der Waals surface area contributed by atoms with Crippen LogP contribution < -0.4 is 10.6 Å². The molecule has 6 nitrogen and oxygen atoms in total. The first-order valence-electron chi connectivity index (χ1n) is 9.75. The zero-order chi connectivity index (χ0) is 21.3. The van der Waals surface area contributed by atoms with Crippen molar-refractivity contribution in [1.82, 2.24) is 9.97 Å². The Kier molecular flexibility index (Phi) is 7.57. The van der Waals surface area contributed by atoms with Crippen LogP contribution in [0.3, 0.4) is 0 Å². The van der Waals surface area contributed by atoms with Crippen molar-refractivity contribution < 1.29 is 9.59 Å². The van der Waals surface area contributed by atoms with Gasteiger partial charge in [0.2, 0.25) is 5.91 Å². The van der Waals surface area contributed by atoms with Gasteiger partial charge in [-0.1, -0.05) is 25.5 Å². The summed E-state index contributed by atoms with van der Waals surface area (Å²) in [6.07, 6.45) is 5.44. The third-order valence-corrected chi connectivity index (χ3v) is 5.35. The summed E-state index contributed by atoms with van der Waals surface area (Å²) in [5, 5.41) is 6.27. The van der Waals surface area contributed by atoms with Crippen LogP contribution in [0.2, 0.25) is 0 Å². The number of amides is 2. The van der Waals surface area contributed by atoms with Gasteiger partial charge < -0.3 is 10.6 Å². The minimum Gasteiger partial charge on any atom is -0.322 e. The smallest absolute Gasteiger partial charge is 0.258 e. The third kappa shape index (κ3) is 6.15. The number of hydrogen-bond donors (Lipinski definition) is 2. The summed E-state index contributed by atoms with van der Waals surface area (Å²) in [5.41, 5.74) is 3.51. The first-order valence-corrected chi connectivity index (χ1v) is 10.7. The van der Waals surface area contributed by atoms with Gasteiger partial charge in [-0.15, -0.1) is 11.8 Å². The summed E-state index contributed by atoms with van der Waals surface area (Å²) in [4.78, 5) is 32.5. The monoisotopic (exact) mass is 420 g/mol. The number of carbonyl (C=O) groups is 2. The molecule has 0 spiro atoms. The number of benzene rings is 1. The molecule has 0 atom stereocenters. The van der Waals surface area contributed by atoms with Gasteiger partial charge in [-0.05, 0) is 53.9 Å². The fourth-order valence-corrected chi connectivity index (χ4v) is 3.82. The van der Waals surface area contributed by atoms with Gasteiger partial charge in [-0.2, -0.15) is 0 Å². The Morgan fingerprint density at radius 2 is 1.77 bits per heavy atom. The number of pyridine rings is 2. The summed E-state index contributed by atoms with van der Waals surface area (Å²) in [6, 6.07) is 15.1. The lowest BCUT2D eigenvalue weighted by Crippen LogP contribution is -2.13. The summed E-state index contributed by atoms with van der Waals surface area (Å²) in [5.74, 6) is 0.741. The van der Waals surface area contributed by atoms with Crippen LogP contribution in [-0.4, -0.2) is 21.8 Å². The Labute approximate surface area is 180 Å². The highest BCUT2D eigenvalue weighted by Crippen LogP contribution is 2.25. The molecule has 1 aromatic carbocycles. The fraction of sp³-hybridized carbons (Fsp3) is 0.217. The van der Waals surface area contributed by atoms with Crippen molar-refractivity contribution in [2.75, 3.05) is 10.6 Å². The largest absolute Gasteiger partial charge is 0.322 e. The molecule has 0 aliphatic carbocycles. The van der Waals surface area contributed by atoms with Crippen molar-refractivity contribution in [3.63, 3.8) is 0 Å². The van der Waals surface area contributed by atoms with Crippen LogP contribution in [0.5, 0.6) is 0 Å². The van der Waals surface area contributed by atoms with Crippen LogP contribution >= 0.6 is 11.8 Å². The van der Waals surface area contributed by atoms with E-state index in [4.69, 9.17) is 0 Å². The molecule has 0 fully saturated rings. The maximum absolute atomic E-state index is 12.8. The average molecular weight is 421 g/mol. The highest BCUT2D eigenvalue weighted by atomic mass is 32.2. The highest BCUT2D eigenvalue weighted by Gasteiger charge is 2.13. The zero-order valence-electron chi connectivity index (χ0n) is 17.0. The average Bonchev–Trinajstić information content (AvgIpc) is 2.74. The normalized spacial score (nSPS) is 10.5. The maximum Gasteiger partial charge on any atom is 0.258 e. The van der Waals surface area contributed by atoms with Gasteiger partial charge in [0.25, 0.3) is 5.91 Å². The summed E-state index contributed by atoms with van der Waals surface area (Å²) >= 11 is 1.46. The van der Waals surface area contributed by atoms with E-state index in [0.29, 0.717) is 22.2 Å². The molecule has 2 heterocycles. The Balaban J connectivity index is 1.68. The number of anilines is 2. The number of nitrogens with zero attached hydrogens (tertiary/aromatic N) is 2. The topological polar surface area (TPSA) is 84.0 Å². The first-order chi connectivity index (χ1) is 14.5. The lowest BCUT2D eigenvalue weighted by molar-refractivity contribution is -0.114. The van der Waals surface area contributed by atoms with Gasteiger partial charge in [-0.3, -0.25) is 9.59 Å². The SMILES string of the molecule is CCCc1ccc(NC(=O)c2cccnc2SCc2ccnc(NC(C)=O)c2)cc1. The second-order valence-corrected chi connectivity index (χ2v) is 7.74. The van der Waals surface area contributed by atoms with Crippen molar-refractivity contribution in [1.29, 1.82) is 0 Å². The van der Waals surface area contributed by atoms with Gasteiger partial charge in [0, 0.05) is 30.8 Å². The quantitative estimate of drug-likeness (QED) is 0.505. The molecule has 3 aromatic rings. The van der Waals surface area contributed by atoms with Gasteiger partial charge in [-0.25, -0.2) is 9.97 Å². The highest BCUT2D eigenvalue weighted by molar-refractivity contribution is 7.98. The molecule has 0 radical (unpaired) electrons. The minimum absolute atomic E-state index is 0.168. The molecule has 0 aliphatic heterocycles. The lowest BCUT2D eigenvalue weighted by atomic mass is 10.1. The van der Waals surface area contributed by atoms with Crippen molar-refractivity contribution in [3.05, 3.63) is 77.6 Å². The van der Waals surface area contributed by atoms with Crippen LogP contribution in [0.4, 0.5) is 11.5 Å². The number of carbonyl (C=O) groups excluding carboxylic acids is 2. The van der Waals surface area contributed by atoms with Crippen LogP contribution in [0, 0.1) is 0 Å². The van der Waals surface area contributed by atoms with Crippen LogP contribution in [0.25, 0.3) is 0 Å². The second kappa shape index (κ2) is 10.5. The van der Waals surface area contributed by atoms with E-state index in [-0.39, 0.29) is 11.8 Å². The number of aromatic nitrogens is 2. The van der Waals surface area contributed by atoms with Crippen LogP contribution in [-0.2, 0) is 17.0 Å². The molecule has 0 saturated heterocycles. The molecule has 0 unspecified atom stereocenters. The van der Waals surface area contributed by atoms with Crippen LogP contribution in [0.1, 0.15) is 41.8 Å². The number of rotatable bonds is 8. The molecule has 0 saturated carbocycles. The molecule has 30 heavy (non-hydrogen) atoms. The van der Waals surface area contributed by atoms with Crippen LogP contribution in [0.15, 0.2) is 66.0 Å². The molecule has 154 valence electrons. The standard InChI is InChI=1S/C23H24N4O2S/c1-3-5-17-7-9-19(10-8-17)27-22(29)20-6-4-12-25-23(20)30-15-18-11-13-24-21(14-18)26-16(2)28/h4,6-14H,3,5,15H2,1-2H3,(H,27,29)(H,24,26,28). The lowest BCUT2D eigenvalue weighted by Gasteiger charge is -2.10. The van der Waals surface area contributed by atoms with Gasteiger partial charge in [0.15, 0.2) is 0 Å². The number of nitrogens with one attached hydrogen (secondary N) is 2. The molecular weight excluding hydrogens is 396 g/mol.